The summed E-state index contributed by atoms with van der Waals surface area (Å²) in [6, 6.07) is 2.72. The smallest absolute Gasteiger partial charge is 0.255 e. The van der Waals surface area contributed by atoms with Gasteiger partial charge in [-0.05, 0) is 25.5 Å². The van der Waals surface area contributed by atoms with E-state index in [9.17, 15) is 13.2 Å². The molecule has 0 bridgehead atoms. The first kappa shape index (κ1) is 15.1. The number of amides is 1. The van der Waals surface area contributed by atoms with E-state index in [2.05, 4.69) is 5.32 Å². The average molecular weight is 318 g/mol. The summed E-state index contributed by atoms with van der Waals surface area (Å²) in [4.78, 5) is 13.8. The van der Waals surface area contributed by atoms with Crippen LogP contribution in [0.4, 0.5) is 5.69 Å². The molecule has 0 aliphatic carbocycles. The zero-order chi connectivity index (χ0) is 15.1. The monoisotopic (exact) mass is 317 g/mol. The maximum Gasteiger partial charge on any atom is 0.255 e. The maximum atomic E-state index is 12.1. The molecule has 1 aromatic carbocycles. The van der Waals surface area contributed by atoms with E-state index in [1.165, 1.54) is 12.1 Å². The molecule has 1 aliphatic heterocycles. The SMILES string of the molecule is CCC1NC(=O)c2cc(S(N)(=O)=O)c(Cl)cc2N1CC. The van der Waals surface area contributed by atoms with Crippen LogP contribution in [0.1, 0.15) is 30.6 Å². The van der Waals surface area contributed by atoms with Gasteiger partial charge in [0, 0.05) is 6.54 Å². The van der Waals surface area contributed by atoms with Gasteiger partial charge in [0.1, 0.15) is 11.1 Å². The number of carbonyl (C=O) groups excluding carboxylic acids is 1. The highest BCUT2D eigenvalue weighted by atomic mass is 35.5. The van der Waals surface area contributed by atoms with E-state index in [4.69, 9.17) is 16.7 Å². The highest BCUT2D eigenvalue weighted by Crippen LogP contribution is 2.33. The van der Waals surface area contributed by atoms with E-state index >= 15 is 0 Å². The van der Waals surface area contributed by atoms with Gasteiger partial charge in [0.25, 0.3) is 5.91 Å². The number of nitrogens with zero attached hydrogens (tertiary/aromatic N) is 1. The van der Waals surface area contributed by atoms with E-state index in [-0.39, 0.29) is 27.6 Å². The zero-order valence-corrected chi connectivity index (χ0v) is 12.8. The predicted octanol–water partition coefficient (Wildman–Crippen LogP) is 1.29. The number of benzene rings is 1. The van der Waals surface area contributed by atoms with Crippen LogP contribution in [0.15, 0.2) is 17.0 Å². The zero-order valence-electron chi connectivity index (χ0n) is 11.2. The average Bonchev–Trinajstić information content (AvgIpc) is 2.36. The molecule has 0 fully saturated rings. The normalized spacial score (nSPS) is 18.7. The predicted molar refractivity (Wildman–Crippen MR) is 77.4 cm³/mol. The number of anilines is 1. The van der Waals surface area contributed by atoms with Crippen LogP contribution in [0, 0.1) is 0 Å². The molecule has 0 spiro atoms. The van der Waals surface area contributed by atoms with Crippen LogP contribution < -0.4 is 15.4 Å². The lowest BCUT2D eigenvalue weighted by Gasteiger charge is -2.38. The fourth-order valence-electron chi connectivity index (χ4n) is 2.37. The number of rotatable bonds is 3. The molecule has 3 N–H and O–H groups in total. The van der Waals surface area contributed by atoms with Crippen molar-refractivity contribution in [2.75, 3.05) is 11.4 Å². The number of hydrogen-bond acceptors (Lipinski definition) is 4. The van der Waals surface area contributed by atoms with Gasteiger partial charge >= 0.3 is 0 Å². The van der Waals surface area contributed by atoms with Gasteiger partial charge in [-0.1, -0.05) is 18.5 Å². The number of carbonyl (C=O) groups is 1. The molecular weight excluding hydrogens is 302 g/mol. The van der Waals surface area contributed by atoms with Gasteiger partial charge in [-0.2, -0.15) is 0 Å². The highest BCUT2D eigenvalue weighted by Gasteiger charge is 2.31. The quantitative estimate of drug-likeness (QED) is 0.878. The van der Waals surface area contributed by atoms with Crippen LogP contribution in [0.5, 0.6) is 0 Å². The first-order valence-electron chi connectivity index (χ1n) is 6.23. The van der Waals surface area contributed by atoms with Crippen molar-refractivity contribution >= 4 is 33.2 Å². The Bertz CT molecular complexity index is 660. The molecule has 8 heteroatoms. The van der Waals surface area contributed by atoms with Crippen molar-refractivity contribution < 1.29 is 13.2 Å². The summed E-state index contributed by atoms with van der Waals surface area (Å²) >= 11 is 5.99. The molecule has 110 valence electrons. The largest absolute Gasteiger partial charge is 0.351 e. The van der Waals surface area contributed by atoms with E-state index in [0.717, 1.165) is 6.42 Å². The second kappa shape index (κ2) is 5.23. The Kier molecular flexibility index (Phi) is 3.95. The topological polar surface area (TPSA) is 92.5 Å². The summed E-state index contributed by atoms with van der Waals surface area (Å²) in [7, 11) is -3.96. The van der Waals surface area contributed by atoms with Crippen LogP contribution in [0.2, 0.25) is 5.02 Å². The minimum atomic E-state index is -3.96. The van der Waals surface area contributed by atoms with Crippen molar-refractivity contribution in [1.29, 1.82) is 0 Å². The van der Waals surface area contributed by atoms with Crippen molar-refractivity contribution in [3.05, 3.63) is 22.7 Å². The van der Waals surface area contributed by atoms with Gasteiger partial charge in [0.2, 0.25) is 10.0 Å². The van der Waals surface area contributed by atoms with Crippen molar-refractivity contribution in [1.82, 2.24) is 5.32 Å². The van der Waals surface area contributed by atoms with Crippen molar-refractivity contribution in [2.24, 2.45) is 5.14 Å². The summed E-state index contributed by atoms with van der Waals surface area (Å²) in [5.41, 5.74) is 0.894. The van der Waals surface area contributed by atoms with E-state index < -0.39 is 10.0 Å². The van der Waals surface area contributed by atoms with E-state index in [0.29, 0.717) is 12.2 Å². The van der Waals surface area contributed by atoms with E-state index in [1.807, 2.05) is 18.7 Å². The molecule has 1 atom stereocenters. The standard InChI is InChI=1S/C12H16ClN3O3S/c1-3-11-15-12(17)7-5-10(20(14,18)19)8(13)6-9(7)16(11)4-2/h5-6,11H,3-4H2,1-2H3,(H,15,17)(H2,14,18,19). The summed E-state index contributed by atoms with van der Waals surface area (Å²) in [6.07, 6.45) is 0.601. The Balaban J connectivity index is 2.66. The minimum Gasteiger partial charge on any atom is -0.351 e. The molecule has 1 heterocycles. The Morgan fingerprint density at radius 1 is 1.40 bits per heavy atom. The Hall–Kier alpha value is -1.31. The summed E-state index contributed by atoms with van der Waals surface area (Å²) in [5, 5.41) is 7.95. The summed E-state index contributed by atoms with van der Waals surface area (Å²) in [5.74, 6) is -0.321. The molecule has 6 nitrogen and oxygen atoms in total. The fraction of sp³-hybridized carbons (Fsp3) is 0.417. The Morgan fingerprint density at radius 3 is 2.55 bits per heavy atom. The third-order valence-corrected chi connectivity index (χ3v) is 4.69. The van der Waals surface area contributed by atoms with Crippen LogP contribution >= 0.6 is 11.6 Å². The Morgan fingerprint density at radius 2 is 2.05 bits per heavy atom. The molecule has 0 saturated carbocycles. The van der Waals surface area contributed by atoms with Gasteiger partial charge in [-0.15, -0.1) is 0 Å². The molecule has 1 aromatic rings. The minimum absolute atomic E-state index is 0.0225. The fourth-order valence-corrected chi connectivity index (χ4v) is 3.46. The van der Waals surface area contributed by atoms with Crippen molar-refractivity contribution in [3.8, 4) is 0 Å². The number of sulfonamides is 1. The number of primary sulfonamides is 1. The number of hydrogen-bond donors (Lipinski definition) is 2. The molecule has 1 unspecified atom stereocenters. The van der Waals surface area contributed by atoms with Gasteiger partial charge in [-0.3, -0.25) is 4.79 Å². The van der Waals surface area contributed by atoms with Crippen LogP contribution in [-0.2, 0) is 10.0 Å². The molecule has 0 aromatic heterocycles. The second-order valence-electron chi connectivity index (χ2n) is 4.53. The summed E-state index contributed by atoms with van der Waals surface area (Å²) in [6.45, 7) is 4.57. The molecule has 0 saturated heterocycles. The number of nitrogens with one attached hydrogen (secondary N) is 1. The lowest BCUT2D eigenvalue weighted by molar-refractivity contribution is 0.0926. The van der Waals surface area contributed by atoms with Gasteiger partial charge in [-0.25, -0.2) is 13.6 Å². The third-order valence-electron chi connectivity index (χ3n) is 3.31. The molecule has 2 rings (SSSR count). The van der Waals surface area contributed by atoms with Gasteiger partial charge < -0.3 is 10.2 Å². The maximum absolute atomic E-state index is 12.1. The molecule has 1 aliphatic rings. The third kappa shape index (κ3) is 2.48. The summed E-state index contributed by atoms with van der Waals surface area (Å²) < 4.78 is 22.9. The number of nitrogens with two attached hydrogens (primary N) is 1. The lowest BCUT2D eigenvalue weighted by atomic mass is 10.1. The van der Waals surface area contributed by atoms with Crippen LogP contribution in [0.25, 0.3) is 0 Å². The molecular formula is C12H16ClN3O3S. The number of halogens is 1. The van der Waals surface area contributed by atoms with Crippen LogP contribution in [0.3, 0.4) is 0 Å². The van der Waals surface area contributed by atoms with Gasteiger partial charge in [0.15, 0.2) is 0 Å². The van der Waals surface area contributed by atoms with Gasteiger partial charge in [0.05, 0.1) is 16.3 Å². The molecule has 1 amide bonds. The Labute approximate surface area is 122 Å². The highest BCUT2D eigenvalue weighted by molar-refractivity contribution is 7.89. The van der Waals surface area contributed by atoms with Crippen LogP contribution in [-0.4, -0.2) is 27.0 Å². The lowest BCUT2D eigenvalue weighted by Crippen LogP contribution is -2.52. The molecule has 0 radical (unpaired) electrons. The van der Waals surface area contributed by atoms with Crippen molar-refractivity contribution in [3.63, 3.8) is 0 Å². The van der Waals surface area contributed by atoms with Crippen molar-refractivity contribution in [2.45, 2.75) is 31.3 Å². The van der Waals surface area contributed by atoms with E-state index in [1.54, 1.807) is 0 Å². The molecule has 20 heavy (non-hydrogen) atoms. The second-order valence-corrected chi connectivity index (χ2v) is 6.47. The first-order chi connectivity index (χ1) is 9.29. The first-order valence-corrected chi connectivity index (χ1v) is 8.15. The number of fused-ring (bicyclic) bond motifs is 1.